The van der Waals surface area contributed by atoms with Crippen molar-refractivity contribution in [1.82, 2.24) is 0 Å². The summed E-state index contributed by atoms with van der Waals surface area (Å²) in [5.74, 6) is 0. The quantitative estimate of drug-likeness (QED) is 0.463. The Balaban J connectivity index is 3.55. The van der Waals surface area contributed by atoms with Crippen LogP contribution in [0.3, 0.4) is 0 Å². The van der Waals surface area contributed by atoms with Crippen LogP contribution in [0.1, 0.15) is 26.7 Å². The minimum atomic E-state index is -1.30. The van der Waals surface area contributed by atoms with E-state index in [1.807, 2.05) is 13.8 Å². The third-order valence-electron chi connectivity index (χ3n) is 1.49. The van der Waals surface area contributed by atoms with E-state index in [1.165, 1.54) is 0 Å². The number of aldehydes is 1. The molecule has 0 radical (unpaired) electrons. The highest BCUT2D eigenvalue weighted by Gasteiger charge is 2.11. The highest BCUT2D eigenvalue weighted by atomic mass is 31.2. The topological polar surface area (TPSA) is 65.0 Å². The molecular weight excluding hydrogens is 219 g/mol. The van der Waals surface area contributed by atoms with Crippen LogP contribution in [0.2, 0.25) is 0 Å². The first-order chi connectivity index (χ1) is 7.24. The summed E-state index contributed by atoms with van der Waals surface area (Å²) in [6.45, 7) is 5.11. The summed E-state index contributed by atoms with van der Waals surface area (Å²) in [4.78, 5) is 10.1. The molecule has 0 aromatic heterocycles. The van der Waals surface area contributed by atoms with Crippen molar-refractivity contribution < 1.29 is 23.5 Å². The van der Waals surface area contributed by atoms with Gasteiger partial charge < -0.3 is 23.5 Å². The van der Waals surface area contributed by atoms with Crippen molar-refractivity contribution in [3.05, 3.63) is 0 Å². The lowest BCUT2D eigenvalue weighted by atomic mass is 10.2. The minimum absolute atomic E-state index is 0.143. The molecule has 15 heavy (non-hydrogen) atoms. The summed E-state index contributed by atoms with van der Waals surface area (Å²) >= 11 is 0. The summed E-state index contributed by atoms with van der Waals surface area (Å²) in [5.41, 5.74) is 0. The lowest BCUT2D eigenvalue weighted by Crippen LogP contribution is -2.10. The van der Waals surface area contributed by atoms with Crippen molar-refractivity contribution in [2.24, 2.45) is 0 Å². The molecule has 0 aliphatic rings. The van der Waals surface area contributed by atoms with Crippen LogP contribution in [0.15, 0.2) is 0 Å². The number of hydrogen-bond acceptors (Lipinski definition) is 5. The van der Waals surface area contributed by atoms with Crippen molar-refractivity contribution in [3.8, 4) is 0 Å². The fourth-order valence-corrected chi connectivity index (χ4v) is 1.71. The van der Waals surface area contributed by atoms with Gasteiger partial charge in [-0.15, -0.1) is 0 Å². The Kier molecular flexibility index (Phi) is 10.4. The molecular formula is C9H19O5P. The maximum Gasteiger partial charge on any atom is 0.332 e. The van der Waals surface area contributed by atoms with Crippen LogP contribution >= 0.6 is 8.60 Å². The second kappa shape index (κ2) is 10.5. The second-order valence-electron chi connectivity index (χ2n) is 2.74. The molecule has 5 nitrogen and oxygen atoms in total. The van der Waals surface area contributed by atoms with Crippen molar-refractivity contribution in [3.63, 3.8) is 0 Å². The maximum absolute atomic E-state index is 10.1. The standard InChI is InChI=1S/C9H19O5P/c1-3-12-15(13-4-2)14-8-6-9(11)5-7-10/h7,9,11H,3-6,8H2,1-2H3. The zero-order valence-electron chi connectivity index (χ0n) is 9.22. The number of aliphatic hydroxyl groups is 1. The molecule has 1 N–H and O–H groups in total. The molecule has 0 spiro atoms. The molecule has 0 saturated heterocycles. The number of rotatable bonds is 10. The van der Waals surface area contributed by atoms with Gasteiger partial charge in [0.05, 0.1) is 25.9 Å². The highest BCUT2D eigenvalue weighted by Crippen LogP contribution is 2.39. The molecule has 0 saturated carbocycles. The summed E-state index contributed by atoms with van der Waals surface area (Å²) in [6, 6.07) is 0. The van der Waals surface area contributed by atoms with Gasteiger partial charge in [0.15, 0.2) is 0 Å². The van der Waals surface area contributed by atoms with Gasteiger partial charge in [0, 0.05) is 6.42 Å². The summed E-state index contributed by atoms with van der Waals surface area (Å²) in [5, 5.41) is 9.24. The Morgan fingerprint density at radius 3 is 2.33 bits per heavy atom. The lowest BCUT2D eigenvalue weighted by molar-refractivity contribution is -0.109. The summed E-state index contributed by atoms with van der Waals surface area (Å²) < 4.78 is 15.7. The van der Waals surface area contributed by atoms with Crippen molar-refractivity contribution >= 4 is 14.9 Å². The Bertz CT molecular complexity index is 149. The van der Waals surface area contributed by atoms with E-state index >= 15 is 0 Å². The molecule has 0 aromatic rings. The highest BCUT2D eigenvalue weighted by molar-refractivity contribution is 7.41. The number of carbonyl (C=O) groups excluding carboxylic acids is 1. The largest absolute Gasteiger partial charge is 0.393 e. The third-order valence-corrected chi connectivity index (χ3v) is 2.82. The first-order valence-corrected chi connectivity index (χ1v) is 6.14. The molecule has 0 fully saturated rings. The van der Waals surface area contributed by atoms with Gasteiger partial charge in [-0.05, 0) is 20.3 Å². The van der Waals surface area contributed by atoms with E-state index in [0.717, 1.165) is 0 Å². The van der Waals surface area contributed by atoms with E-state index in [4.69, 9.17) is 13.6 Å². The molecule has 6 heteroatoms. The zero-order chi connectivity index (χ0) is 11.5. The second-order valence-corrected chi connectivity index (χ2v) is 3.96. The van der Waals surface area contributed by atoms with Gasteiger partial charge in [0.25, 0.3) is 0 Å². The van der Waals surface area contributed by atoms with Crippen LogP contribution in [-0.2, 0) is 18.4 Å². The van der Waals surface area contributed by atoms with Crippen molar-refractivity contribution in [2.45, 2.75) is 32.8 Å². The minimum Gasteiger partial charge on any atom is -0.393 e. The molecule has 1 unspecified atom stereocenters. The van der Waals surface area contributed by atoms with Crippen molar-refractivity contribution in [1.29, 1.82) is 0 Å². The van der Waals surface area contributed by atoms with Crippen LogP contribution in [-0.4, -0.2) is 37.3 Å². The van der Waals surface area contributed by atoms with Gasteiger partial charge in [-0.1, -0.05) is 0 Å². The van der Waals surface area contributed by atoms with Crippen LogP contribution in [0.25, 0.3) is 0 Å². The van der Waals surface area contributed by atoms with E-state index in [2.05, 4.69) is 0 Å². The van der Waals surface area contributed by atoms with Gasteiger partial charge in [0.2, 0.25) is 0 Å². The lowest BCUT2D eigenvalue weighted by Gasteiger charge is -2.15. The third kappa shape index (κ3) is 8.90. The van der Waals surface area contributed by atoms with E-state index < -0.39 is 14.7 Å². The fourth-order valence-electron chi connectivity index (χ4n) is 0.815. The molecule has 1 atom stereocenters. The monoisotopic (exact) mass is 238 g/mol. The Hall–Kier alpha value is -0.0600. The summed E-state index contributed by atoms with van der Waals surface area (Å²) in [6.07, 6.45) is 0.614. The predicted molar refractivity (Wildman–Crippen MR) is 57.4 cm³/mol. The van der Waals surface area contributed by atoms with Crippen LogP contribution in [0.4, 0.5) is 0 Å². The smallest absolute Gasteiger partial charge is 0.332 e. The van der Waals surface area contributed by atoms with Gasteiger partial charge in [-0.2, -0.15) is 0 Å². The van der Waals surface area contributed by atoms with Crippen LogP contribution in [0.5, 0.6) is 0 Å². The molecule has 0 aliphatic carbocycles. The van der Waals surface area contributed by atoms with Gasteiger partial charge >= 0.3 is 8.60 Å². The Morgan fingerprint density at radius 2 is 1.87 bits per heavy atom. The fraction of sp³-hybridized carbons (Fsp3) is 0.889. The molecule has 0 rings (SSSR count). The number of carbonyl (C=O) groups is 1. The van der Waals surface area contributed by atoms with Crippen LogP contribution in [0, 0.1) is 0 Å². The molecule has 0 amide bonds. The first kappa shape index (κ1) is 14.9. The Morgan fingerprint density at radius 1 is 1.27 bits per heavy atom. The predicted octanol–water partition coefficient (Wildman–Crippen LogP) is 1.64. The molecule has 0 bridgehead atoms. The van der Waals surface area contributed by atoms with Gasteiger partial charge in [-0.3, -0.25) is 0 Å². The van der Waals surface area contributed by atoms with Gasteiger partial charge in [-0.25, -0.2) is 0 Å². The van der Waals surface area contributed by atoms with Crippen molar-refractivity contribution in [2.75, 3.05) is 19.8 Å². The zero-order valence-corrected chi connectivity index (χ0v) is 10.1. The van der Waals surface area contributed by atoms with E-state index in [1.54, 1.807) is 0 Å². The Labute approximate surface area is 91.7 Å². The maximum atomic E-state index is 10.1. The average Bonchev–Trinajstić information content (AvgIpc) is 2.19. The van der Waals surface area contributed by atoms with E-state index in [9.17, 15) is 9.90 Å². The first-order valence-electron chi connectivity index (χ1n) is 5.05. The molecule has 0 aliphatic heterocycles. The average molecular weight is 238 g/mol. The van der Waals surface area contributed by atoms with Crippen LogP contribution < -0.4 is 0 Å². The molecule has 0 heterocycles. The van der Waals surface area contributed by atoms with E-state index in [0.29, 0.717) is 32.5 Å². The number of hydrogen-bond donors (Lipinski definition) is 1. The molecule has 90 valence electrons. The van der Waals surface area contributed by atoms with E-state index in [-0.39, 0.29) is 6.42 Å². The normalized spacial score (nSPS) is 13.1. The molecule has 0 aromatic carbocycles. The number of aliphatic hydroxyl groups excluding tert-OH is 1. The SMILES string of the molecule is CCOP(OCC)OCCC(O)CC=O. The summed E-state index contributed by atoms with van der Waals surface area (Å²) in [7, 11) is -1.30. The van der Waals surface area contributed by atoms with Gasteiger partial charge in [0.1, 0.15) is 6.29 Å².